The van der Waals surface area contributed by atoms with Crippen molar-refractivity contribution in [2.24, 2.45) is 0 Å². The number of carbonyl (C=O) groups is 1. The van der Waals surface area contributed by atoms with Crippen LogP contribution in [0.3, 0.4) is 0 Å². The summed E-state index contributed by atoms with van der Waals surface area (Å²) in [6, 6.07) is 16.0. The lowest BCUT2D eigenvalue weighted by Crippen LogP contribution is -2.08. The third kappa shape index (κ3) is 5.01. The molecule has 0 saturated carbocycles. The van der Waals surface area contributed by atoms with Crippen molar-refractivity contribution < 1.29 is 19.0 Å². The monoisotopic (exact) mass is 354 g/mol. The molecule has 0 aromatic heterocycles. The zero-order chi connectivity index (χ0) is 18.2. The Hall–Kier alpha value is -2.49. The van der Waals surface area contributed by atoms with E-state index in [0.29, 0.717) is 26.2 Å². The Bertz CT molecular complexity index is 711. The average Bonchev–Trinajstić information content (AvgIpc) is 3.04. The summed E-state index contributed by atoms with van der Waals surface area (Å²) in [5.74, 6) is 1.94. The maximum atomic E-state index is 11.7. The summed E-state index contributed by atoms with van der Waals surface area (Å²) in [4.78, 5) is 11.7. The third-order valence-corrected chi connectivity index (χ3v) is 4.60. The van der Waals surface area contributed by atoms with Gasteiger partial charge in [-0.25, -0.2) is 0 Å². The molecule has 4 heteroatoms. The lowest BCUT2D eigenvalue weighted by molar-refractivity contribution is -0.143. The summed E-state index contributed by atoms with van der Waals surface area (Å²) >= 11 is 0. The van der Waals surface area contributed by atoms with Crippen LogP contribution in [0, 0.1) is 0 Å². The highest BCUT2D eigenvalue weighted by molar-refractivity contribution is 5.71. The molecule has 0 fully saturated rings. The second-order valence-electron chi connectivity index (χ2n) is 6.47. The summed E-state index contributed by atoms with van der Waals surface area (Å²) in [6.07, 6.45) is 3.30. The van der Waals surface area contributed by atoms with Crippen LogP contribution in [0.15, 0.2) is 48.5 Å². The van der Waals surface area contributed by atoms with E-state index in [1.54, 1.807) is 0 Å². The van der Waals surface area contributed by atoms with E-state index in [2.05, 4.69) is 12.1 Å². The fourth-order valence-corrected chi connectivity index (χ4v) is 3.36. The van der Waals surface area contributed by atoms with Gasteiger partial charge in [0.15, 0.2) is 0 Å². The molecule has 0 N–H and O–H groups in total. The predicted molar refractivity (Wildman–Crippen MR) is 101 cm³/mol. The van der Waals surface area contributed by atoms with Crippen LogP contribution in [0.5, 0.6) is 11.5 Å². The van der Waals surface area contributed by atoms with Gasteiger partial charge in [0.05, 0.1) is 26.2 Å². The van der Waals surface area contributed by atoms with Gasteiger partial charge < -0.3 is 14.2 Å². The van der Waals surface area contributed by atoms with Crippen molar-refractivity contribution in [3.63, 3.8) is 0 Å². The molecule has 26 heavy (non-hydrogen) atoms. The van der Waals surface area contributed by atoms with Gasteiger partial charge in [0.1, 0.15) is 11.5 Å². The Kier molecular flexibility index (Phi) is 6.53. The van der Waals surface area contributed by atoms with Crippen LogP contribution in [0.25, 0.3) is 0 Å². The van der Waals surface area contributed by atoms with Crippen molar-refractivity contribution in [1.82, 2.24) is 0 Å². The maximum absolute atomic E-state index is 11.7. The molecular formula is C22H26O4. The quantitative estimate of drug-likeness (QED) is 0.491. The molecule has 1 atom stereocenters. The van der Waals surface area contributed by atoms with Gasteiger partial charge in [-0.3, -0.25) is 4.79 Å². The highest BCUT2D eigenvalue weighted by Gasteiger charge is 2.25. The Labute approximate surface area is 155 Å². The number of aryl methyl sites for hydroxylation is 1. The van der Waals surface area contributed by atoms with E-state index in [0.717, 1.165) is 30.8 Å². The largest absolute Gasteiger partial charge is 0.493 e. The molecule has 0 heterocycles. The molecule has 138 valence electrons. The van der Waals surface area contributed by atoms with Gasteiger partial charge in [0.25, 0.3) is 0 Å². The molecule has 0 unspecified atom stereocenters. The van der Waals surface area contributed by atoms with Crippen LogP contribution in [-0.4, -0.2) is 25.8 Å². The number of para-hydroxylation sites is 1. The number of carbonyl (C=O) groups excluding carboxylic acids is 1. The molecule has 0 aliphatic heterocycles. The van der Waals surface area contributed by atoms with E-state index in [-0.39, 0.29) is 11.9 Å². The number of ether oxygens (including phenoxy) is 3. The fourth-order valence-electron chi connectivity index (χ4n) is 3.36. The summed E-state index contributed by atoms with van der Waals surface area (Å²) in [5.41, 5.74) is 2.55. The standard InChI is InChI=1S/C22H26O4/c1-2-24-22(23)16-18-10-9-17-15-20(11-12-21(17)18)26-14-6-13-25-19-7-4-3-5-8-19/h3-5,7-8,11-12,15,18H,2,6,9-10,13-14,16H2,1H3/t18-/m0/s1. The van der Waals surface area contributed by atoms with Crippen LogP contribution >= 0.6 is 0 Å². The van der Waals surface area contributed by atoms with Gasteiger partial charge in [0.2, 0.25) is 0 Å². The number of hydrogen-bond donors (Lipinski definition) is 0. The summed E-state index contributed by atoms with van der Waals surface area (Å²) in [5, 5.41) is 0. The van der Waals surface area contributed by atoms with Crippen LogP contribution in [0.4, 0.5) is 0 Å². The highest BCUT2D eigenvalue weighted by Crippen LogP contribution is 2.37. The molecule has 2 aromatic carbocycles. The smallest absolute Gasteiger partial charge is 0.306 e. The first-order chi connectivity index (χ1) is 12.8. The fraction of sp³-hybridized carbons (Fsp3) is 0.409. The molecule has 1 aliphatic carbocycles. The van der Waals surface area contributed by atoms with Gasteiger partial charge >= 0.3 is 5.97 Å². The van der Waals surface area contributed by atoms with Gasteiger partial charge in [0, 0.05) is 6.42 Å². The van der Waals surface area contributed by atoms with Gasteiger partial charge in [-0.15, -0.1) is 0 Å². The van der Waals surface area contributed by atoms with E-state index in [1.165, 1.54) is 11.1 Å². The molecule has 0 radical (unpaired) electrons. The number of rotatable bonds is 9. The van der Waals surface area contributed by atoms with E-state index < -0.39 is 0 Å². The van der Waals surface area contributed by atoms with Crippen molar-refractivity contribution in [3.8, 4) is 11.5 Å². The topological polar surface area (TPSA) is 44.8 Å². The van der Waals surface area contributed by atoms with Crippen LogP contribution in [0.1, 0.15) is 43.2 Å². The van der Waals surface area contributed by atoms with Gasteiger partial charge in [-0.05, 0) is 61.1 Å². The first kappa shape index (κ1) is 18.3. The summed E-state index contributed by atoms with van der Waals surface area (Å²) in [7, 11) is 0. The number of esters is 1. The highest BCUT2D eigenvalue weighted by atomic mass is 16.5. The summed E-state index contributed by atoms with van der Waals surface area (Å²) < 4.78 is 16.6. The van der Waals surface area contributed by atoms with E-state index >= 15 is 0 Å². The van der Waals surface area contributed by atoms with Crippen molar-refractivity contribution in [3.05, 3.63) is 59.7 Å². The molecule has 0 spiro atoms. The minimum absolute atomic E-state index is 0.107. The molecular weight excluding hydrogens is 328 g/mol. The molecule has 0 bridgehead atoms. The minimum atomic E-state index is -0.107. The third-order valence-electron chi connectivity index (χ3n) is 4.60. The van der Waals surface area contributed by atoms with Crippen LogP contribution < -0.4 is 9.47 Å². The molecule has 0 saturated heterocycles. The van der Waals surface area contributed by atoms with Crippen molar-refractivity contribution >= 4 is 5.97 Å². The molecule has 3 rings (SSSR count). The maximum Gasteiger partial charge on any atom is 0.306 e. The number of benzene rings is 2. The van der Waals surface area contributed by atoms with Gasteiger partial charge in [-0.2, -0.15) is 0 Å². The average molecular weight is 354 g/mol. The van der Waals surface area contributed by atoms with E-state index in [9.17, 15) is 4.79 Å². The predicted octanol–water partition coefficient (Wildman–Crippen LogP) is 4.52. The Morgan fingerprint density at radius 1 is 1.04 bits per heavy atom. The Morgan fingerprint density at radius 2 is 1.81 bits per heavy atom. The Morgan fingerprint density at radius 3 is 2.58 bits per heavy atom. The Balaban J connectivity index is 1.44. The van der Waals surface area contributed by atoms with E-state index in [4.69, 9.17) is 14.2 Å². The molecule has 0 amide bonds. The molecule has 2 aromatic rings. The SMILES string of the molecule is CCOC(=O)C[C@@H]1CCc2cc(OCCCOc3ccccc3)ccc21. The van der Waals surface area contributed by atoms with Crippen molar-refractivity contribution in [2.45, 2.75) is 38.5 Å². The van der Waals surface area contributed by atoms with E-state index in [1.807, 2.05) is 43.3 Å². The molecule has 1 aliphatic rings. The first-order valence-electron chi connectivity index (χ1n) is 9.35. The minimum Gasteiger partial charge on any atom is -0.493 e. The van der Waals surface area contributed by atoms with Crippen LogP contribution in [0.2, 0.25) is 0 Å². The number of hydrogen-bond acceptors (Lipinski definition) is 4. The number of fused-ring (bicyclic) bond motifs is 1. The first-order valence-corrected chi connectivity index (χ1v) is 9.35. The van der Waals surface area contributed by atoms with Crippen molar-refractivity contribution in [2.75, 3.05) is 19.8 Å². The van der Waals surface area contributed by atoms with Crippen molar-refractivity contribution in [1.29, 1.82) is 0 Å². The lowest BCUT2D eigenvalue weighted by Gasteiger charge is -2.12. The van der Waals surface area contributed by atoms with Crippen LogP contribution in [-0.2, 0) is 16.0 Å². The normalized spacial score (nSPS) is 15.3. The second-order valence-corrected chi connectivity index (χ2v) is 6.47. The summed E-state index contributed by atoms with van der Waals surface area (Å²) in [6.45, 7) is 3.54. The second kappa shape index (κ2) is 9.27. The lowest BCUT2D eigenvalue weighted by atomic mass is 9.98. The zero-order valence-electron chi connectivity index (χ0n) is 15.3. The molecule has 4 nitrogen and oxygen atoms in total. The zero-order valence-corrected chi connectivity index (χ0v) is 15.3. The van der Waals surface area contributed by atoms with Gasteiger partial charge in [-0.1, -0.05) is 24.3 Å².